The van der Waals surface area contributed by atoms with Gasteiger partial charge in [0.05, 0.1) is 24.1 Å². The van der Waals surface area contributed by atoms with Crippen LogP contribution in [0.15, 0.2) is 47.3 Å². The second-order valence-electron chi connectivity index (χ2n) is 6.00. The Morgan fingerprint density at radius 1 is 1.19 bits per heavy atom. The van der Waals surface area contributed by atoms with Crippen molar-refractivity contribution in [2.45, 2.75) is 13.0 Å². The average molecular weight is 369 g/mol. The van der Waals surface area contributed by atoms with Gasteiger partial charge in [-0.2, -0.15) is 0 Å². The van der Waals surface area contributed by atoms with Crippen molar-refractivity contribution in [2.75, 3.05) is 14.2 Å². The Morgan fingerprint density at radius 2 is 1.92 bits per heavy atom. The highest BCUT2D eigenvalue weighted by molar-refractivity contribution is 7.71. The van der Waals surface area contributed by atoms with Crippen molar-refractivity contribution in [3.05, 3.63) is 68.7 Å². The number of hydrogen-bond acceptors (Lipinski definition) is 4. The highest BCUT2D eigenvalue weighted by Gasteiger charge is 2.21. The molecule has 0 saturated carbocycles. The Balaban J connectivity index is 1.96. The number of carbonyl (C=O) groups is 1. The van der Waals surface area contributed by atoms with E-state index in [0.29, 0.717) is 16.5 Å². The predicted octanol–water partition coefficient (Wildman–Crippen LogP) is 3.43. The fraction of sp³-hybridized carbons (Fsp3) is 0.211. The van der Waals surface area contributed by atoms with Crippen molar-refractivity contribution < 1.29 is 9.53 Å². The number of para-hydroxylation sites is 1. The summed E-state index contributed by atoms with van der Waals surface area (Å²) >= 11 is 5.00. The molecular weight excluding hydrogens is 350 g/mol. The van der Waals surface area contributed by atoms with E-state index in [4.69, 9.17) is 17.0 Å². The van der Waals surface area contributed by atoms with Gasteiger partial charge in [0.25, 0.3) is 11.5 Å². The van der Waals surface area contributed by atoms with Crippen LogP contribution in [-0.4, -0.2) is 34.9 Å². The van der Waals surface area contributed by atoms with Crippen molar-refractivity contribution in [1.82, 2.24) is 14.9 Å². The molecule has 1 amide bonds. The number of amides is 1. The maximum atomic E-state index is 12.9. The summed E-state index contributed by atoms with van der Waals surface area (Å²) in [6.45, 7) is 1.94. The number of carbonyl (C=O) groups excluding carboxylic acids is 1. The summed E-state index contributed by atoms with van der Waals surface area (Å²) < 4.78 is 5.62. The molecule has 7 heteroatoms. The van der Waals surface area contributed by atoms with Crippen molar-refractivity contribution in [1.29, 1.82) is 0 Å². The number of ether oxygens (including phenoxy) is 1. The van der Waals surface area contributed by atoms with Gasteiger partial charge in [0.15, 0.2) is 4.77 Å². The van der Waals surface area contributed by atoms with E-state index in [1.807, 2.05) is 31.2 Å². The molecule has 2 aromatic carbocycles. The van der Waals surface area contributed by atoms with E-state index in [-0.39, 0.29) is 22.3 Å². The first-order valence-corrected chi connectivity index (χ1v) is 8.49. The molecule has 2 N–H and O–H groups in total. The van der Waals surface area contributed by atoms with E-state index < -0.39 is 0 Å². The molecule has 0 aliphatic rings. The molecule has 0 saturated heterocycles. The number of H-pyrrole nitrogens is 2. The SMILES string of the molecule is COc1ccccc1[C@H](C)N(C)C(=O)c1ccc2c(=O)[nH]c(=S)[nH]c2c1. The first-order valence-electron chi connectivity index (χ1n) is 8.09. The van der Waals surface area contributed by atoms with Crippen molar-refractivity contribution >= 4 is 29.0 Å². The summed E-state index contributed by atoms with van der Waals surface area (Å²) in [6.07, 6.45) is 0. The Kier molecular flexibility index (Phi) is 4.90. The van der Waals surface area contributed by atoms with Gasteiger partial charge in [-0.15, -0.1) is 0 Å². The molecule has 0 unspecified atom stereocenters. The smallest absolute Gasteiger partial charge is 0.259 e. The molecule has 0 fully saturated rings. The molecule has 3 rings (SSSR count). The molecule has 134 valence electrons. The van der Waals surface area contributed by atoms with Gasteiger partial charge in [-0.05, 0) is 43.4 Å². The van der Waals surface area contributed by atoms with E-state index >= 15 is 0 Å². The Hall–Kier alpha value is -2.93. The zero-order valence-corrected chi connectivity index (χ0v) is 15.5. The van der Waals surface area contributed by atoms with E-state index in [9.17, 15) is 9.59 Å². The Labute approximate surface area is 155 Å². The van der Waals surface area contributed by atoms with Crippen LogP contribution >= 0.6 is 12.2 Å². The molecule has 0 aliphatic carbocycles. The van der Waals surface area contributed by atoms with E-state index in [1.165, 1.54) is 0 Å². The zero-order chi connectivity index (χ0) is 18.8. The molecule has 0 bridgehead atoms. The minimum atomic E-state index is -0.279. The van der Waals surface area contributed by atoms with E-state index in [0.717, 1.165) is 11.3 Å². The number of methoxy groups -OCH3 is 1. The lowest BCUT2D eigenvalue weighted by Gasteiger charge is -2.26. The van der Waals surface area contributed by atoms with Gasteiger partial charge < -0.3 is 14.6 Å². The van der Waals surface area contributed by atoms with Crippen molar-refractivity contribution in [3.63, 3.8) is 0 Å². The summed E-state index contributed by atoms with van der Waals surface area (Å²) in [4.78, 5) is 31.9. The third-order valence-electron chi connectivity index (χ3n) is 4.48. The molecular formula is C19H19N3O3S. The summed E-state index contributed by atoms with van der Waals surface area (Å²) in [5, 5.41) is 0.454. The molecule has 1 heterocycles. The third kappa shape index (κ3) is 3.25. The van der Waals surface area contributed by atoms with Gasteiger partial charge in [0, 0.05) is 18.2 Å². The van der Waals surface area contributed by atoms with Crippen LogP contribution in [-0.2, 0) is 0 Å². The maximum Gasteiger partial charge on any atom is 0.259 e. The number of benzene rings is 2. The van der Waals surface area contributed by atoms with Crippen LogP contribution in [0.2, 0.25) is 0 Å². The summed E-state index contributed by atoms with van der Waals surface area (Å²) in [6, 6.07) is 12.3. The number of rotatable bonds is 4. The van der Waals surface area contributed by atoms with Crippen LogP contribution in [0.25, 0.3) is 10.9 Å². The van der Waals surface area contributed by atoms with Crippen LogP contribution in [0.5, 0.6) is 5.75 Å². The third-order valence-corrected chi connectivity index (χ3v) is 4.68. The fourth-order valence-corrected chi connectivity index (χ4v) is 3.11. The normalized spacial score (nSPS) is 12.0. The highest BCUT2D eigenvalue weighted by atomic mass is 32.1. The predicted molar refractivity (Wildman–Crippen MR) is 103 cm³/mol. The van der Waals surface area contributed by atoms with Gasteiger partial charge in [-0.1, -0.05) is 18.2 Å². The Morgan fingerprint density at radius 3 is 2.65 bits per heavy atom. The standard InChI is InChI=1S/C19H19N3O3S/c1-11(13-6-4-5-7-16(13)25-3)22(2)18(24)12-8-9-14-15(10-12)20-19(26)21-17(14)23/h4-11H,1-3H3,(H2,20,21,23,26)/t11-/m0/s1. The molecule has 0 radical (unpaired) electrons. The zero-order valence-electron chi connectivity index (χ0n) is 14.7. The van der Waals surface area contributed by atoms with Crippen LogP contribution in [0.4, 0.5) is 0 Å². The minimum Gasteiger partial charge on any atom is -0.496 e. The number of hydrogen-bond donors (Lipinski definition) is 2. The highest BCUT2D eigenvalue weighted by Crippen LogP contribution is 2.29. The van der Waals surface area contributed by atoms with Gasteiger partial charge in [-0.3, -0.25) is 14.6 Å². The summed E-state index contributed by atoms with van der Waals surface area (Å²) in [5.74, 6) is 0.568. The molecule has 1 atom stereocenters. The van der Waals surface area contributed by atoms with Crippen LogP contribution in [0.3, 0.4) is 0 Å². The maximum absolute atomic E-state index is 12.9. The topological polar surface area (TPSA) is 78.2 Å². The number of fused-ring (bicyclic) bond motifs is 1. The summed E-state index contributed by atoms with van der Waals surface area (Å²) in [5.41, 5.74) is 1.64. The van der Waals surface area contributed by atoms with Gasteiger partial charge >= 0.3 is 0 Å². The van der Waals surface area contributed by atoms with Crippen LogP contribution in [0.1, 0.15) is 28.9 Å². The minimum absolute atomic E-state index is 0.162. The van der Waals surface area contributed by atoms with Gasteiger partial charge in [-0.25, -0.2) is 0 Å². The number of nitrogens with zero attached hydrogens (tertiary/aromatic N) is 1. The fourth-order valence-electron chi connectivity index (χ4n) is 2.90. The largest absolute Gasteiger partial charge is 0.496 e. The van der Waals surface area contributed by atoms with Gasteiger partial charge in [0.1, 0.15) is 5.75 Å². The second-order valence-corrected chi connectivity index (χ2v) is 6.41. The molecule has 1 aromatic heterocycles. The number of nitrogens with one attached hydrogen (secondary N) is 2. The van der Waals surface area contributed by atoms with Crippen LogP contribution in [0, 0.1) is 4.77 Å². The average Bonchev–Trinajstić information content (AvgIpc) is 2.65. The van der Waals surface area contributed by atoms with E-state index in [1.54, 1.807) is 37.3 Å². The summed E-state index contributed by atoms with van der Waals surface area (Å²) in [7, 11) is 3.35. The monoisotopic (exact) mass is 369 g/mol. The lowest BCUT2D eigenvalue weighted by molar-refractivity contribution is 0.0741. The molecule has 3 aromatic rings. The van der Waals surface area contributed by atoms with Crippen LogP contribution < -0.4 is 10.3 Å². The number of aromatic nitrogens is 2. The van der Waals surface area contributed by atoms with Crippen molar-refractivity contribution in [3.8, 4) is 5.75 Å². The molecule has 26 heavy (non-hydrogen) atoms. The lowest BCUT2D eigenvalue weighted by atomic mass is 10.0. The molecule has 0 aliphatic heterocycles. The van der Waals surface area contributed by atoms with E-state index in [2.05, 4.69) is 9.97 Å². The lowest BCUT2D eigenvalue weighted by Crippen LogP contribution is -2.30. The van der Waals surface area contributed by atoms with Crippen molar-refractivity contribution in [2.24, 2.45) is 0 Å². The first kappa shape index (κ1) is 17.9. The number of aromatic amines is 2. The quantitative estimate of drug-likeness (QED) is 0.691. The Bertz CT molecular complexity index is 1090. The second kappa shape index (κ2) is 7.13. The first-order chi connectivity index (χ1) is 12.4. The van der Waals surface area contributed by atoms with Gasteiger partial charge in [0.2, 0.25) is 0 Å². The molecule has 0 spiro atoms. The molecule has 6 nitrogen and oxygen atoms in total.